The van der Waals surface area contributed by atoms with Gasteiger partial charge in [0.1, 0.15) is 9.71 Å². The van der Waals surface area contributed by atoms with E-state index in [0.717, 1.165) is 10.3 Å². The number of ether oxygens (including phenoxy) is 1. The number of carbonyl (C=O) groups is 2. The molecule has 0 radical (unpaired) electrons. The van der Waals surface area contributed by atoms with Gasteiger partial charge in [0.2, 0.25) is 5.91 Å². The van der Waals surface area contributed by atoms with Crippen molar-refractivity contribution in [3.8, 4) is 0 Å². The molecule has 1 N–H and O–H groups in total. The van der Waals surface area contributed by atoms with Crippen LogP contribution in [0.15, 0.2) is 29.2 Å². The molecule has 29 heavy (non-hydrogen) atoms. The van der Waals surface area contributed by atoms with Crippen LogP contribution in [0.1, 0.15) is 34.6 Å². The Morgan fingerprint density at radius 2 is 1.83 bits per heavy atom. The van der Waals surface area contributed by atoms with E-state index in [2.05, 4.69) is 10.3 Å². The normalized spacial score (nSPS) is 11.6. The Morgan fingerprint density at radius 3 is 2.41 bits per heavy atom. The number of nitrogens with one attached hydrogen (secondary N) is 1. The number of rotatable bonds is 7. The number of benzene rings is 1. The quantitative estimate of drug-likeness (QED) is 0.547. The van der Waals surface area contributed by atoms with Crippen molar-refractivity contribution in [1.29, 1.82) is 0 Å². The van der Waals surface area contributed by atoms with E-state index in [9.17, 15) is 18.0 Å². The van der Waals surface area contributed by atoms with Crippen LogP contribution in [0.3, 0.4) is 0 Å². The van der Waals surface area contributed by atoms with Gasteiger partial charge in [0.15, 0.2) is 15.0 Å². The van der Waals surface area contributed by atoms with Crippen molar-refractivity contribution in [1.82, 2.24) is 4.98 Å². The number of amides is 1. The summed E-state index contributed by atoms with van der Waals surface area (Å²) in [6, 6.07) is 6.30. The molecule has 0 fully saturated rings. The van der Waals surface area contributed by atoms with Crippen LogP contribution in [0, 0.1) is 6.92 Å². The Bertz CT molecular complexity index is 1160. The third-order valence-corrected chi connectivity index (χ3v) is 8.35. The van der Waals surface area contributed by atoms with Gasteiger partial charge in [-0.3, -0.25) is 4.79 Å². The van der Waals surface area contributed by atoms with E-state index in [4.69, 9.17) is 4.74 Å². The van der Waals surface area contributed by atoms with Gasteiger partial charge in [-0.2, -0.15) is 0 Å². The summed E-state index contributed by atoms with van der Waals surface area (Å²) in [7, 11) is -3.26. The molecule has 2 heterocycles. The van der Waals surface area contributed by atoms with E-state index in [-0.39, 0.29) is 28.9 Å². The number of esters is 1. The van der Waals surface area contributed by atoms with Crippen molar-refractivity contribution in [3.05, 3.63) is 40.3 Å². The number of aryl methyl sites for hydroxylation is 1. The minimum atomic E-state index is -3.26. The van der Waals surface area contributed by atoms with Crippen molar-refractivity contribution in [3.63, 3.8) is 0 Å². The third kappa shape index (κ3) is 4.65. The minimum Gasteiger partial charge on any atom is -0.462 e. The van der Waals surface area contributed by atoms with Crippen molar-refractivity contribution in [2.45, 2.75) is 32.1 Å². The van der Waals surface area contributed by atoms with Gasteiger partial charge in [0.05, 0.1) is 28.4 Å². The molecule has 0 atom stereocenters. The summed E-state index contributed by atoms with van der Waals surface area (Å²) < 4.78 is 29.6. The molecule has 7 nitrogen and oxygen atoms in total. The lowest BCUT2D eigenvalue weighted by molar-refractivity contribution is -0.115. The summed E-state index contributed by atoms with van der Waals surface area (Å²) in [6.07, 6.45) is 0.104. The standard InChI is InChI=1S/C19H20N2O5S3/c1-4-26-18(23)16-11(3)15-17(27-16)21-19(28-15)20-14(22)10-12-6-8-13(9-7-12)29(24,25)5-2/h6-9H,4-5,10H2,1-3H3,(H,20,21,22). The Balaban J connectivity index is 1.69. The van der Waals surface area contributed by atoms with E-state index < -0.39 is 9.84 Å². The number of anilines is 1. The molecule has 3 aromatic rings. The zero-order valence-corrected chi connectivity index (χ0v) is 18.6. The second-order valence-corrected chi connectivity index (χ2v) is 10.5. The number of thiazole rings is 1. The molecular weight excluding hydrogens is 432 g/mol. The molecule has 154 valence electrons. The van der Waals surface area contributed by atoms with E-state index in [1.165, 1.54) is 34.8 Å². The summed E-state index contributed by atoms with van der Waals surface area (Å²) >= 11 is 2.55. The number of hydrogen-bond donors (Lipinski definition) is 1. The fourth-order valence-corrected chi connectivity index (χ4v) is 5.78. The third-order valence-electron chi connectivity index (χ3n) is 4.21. The van der Waals surface area contributed by atoms with Crippen molar-refractivity contribution in [2.24, 2.45) is 0 Å². The number of thiophene rings is 1. The van der Waals surface area contributed by atoms with E-state index in [1.54, 1.807) is 26.0 Å². The predicted molar refractivity (Wildman–Crippen MR) is 115 cm³/mol. The largest absolute Gasteiger partial charge is 0.462 e. The summed E-state index contributed by atoms with van der Waals surface area (Å²) in [5.41, 5.74) is 1.51. The predicted octanol–water partition coefficient (Wildman–Crippen LogP) is 3.82. The van der Waals surface area contributed by atoms with Crippen LogP contribution in [0.5, 0.6) is 0 Å². The Hall–Kier alpha value is -2.30. The minimum absolute atomic E-state index is 0.0330. The second kappa shape index (κ2) is 8.60. The molecule has 3 rings (SSSR count). The number of fused-ring (bicyclic) bond motifs is 1. The molecule has 0 saturated heterocycles. The number of nitrogens with zero attached hydrogens (tertiary/aromatic N) is 1. The Morgan fingerprint density at radius 1 is 1.14 bits per heavy atom. The van der Waals surface area contributed by atoms with Crippen LogP contribution in [-0.2, 0) is 25.8 Å². The van der Waals surface area contributed by atoms with Gasteiger partial charge in [-0.25, -0.2) is 18.2 Å². The first-order chi connectivity index (χ1) is 13.7. The maximum Gasteiger partial charge on any atom is 0.348 e. The molecular formula is C19H20N2O5S3. The molecule has 2 aromatic heterocycles. The molecule has 0 aliphatic rings. The fraction of sp³-hybridized carbons (Fsp3) is 0.316. The maximum atomic E-state index is 12.3. The summed E-state index contributed by atoms with van der Waals surface area (Å²) in [4.78, 5) is 30.1. The second-order valence-electron chi connectivity index (χ2n) is 6.20. The highest BCUT2D eigenvalue weighted by atomic mass is 32.2. The zero-order valence-electron chi connectivity index (χ0n) is 16.1. The van der Waals surface area contributed by atoms with Gasteiger partial charge in [0.25, 0.3) is 0 Å². The summed E-state index contributed by atoms with van der Waals surface area (Å²) in [5, 5.41) is 3.22. The molecule has 1 amide bonds. The monoisotopic (exact) mass is 452 g/mol. The highest BCUT2D eigenvalue weighted by Gasteiger charge is 2.20. The first kappa shape index (κ1) is 21.4. The molecule has 0 aliphatic heterocycles. The van der Waals surface area contributed by atoms with Crippen LogP contribution in [-0.4, -0.2) is 37.6 Å². The van der Waals surface area contributed by atoms with Gasteiger partial charge in [0, 0.05) is 0 Å². The lowest BCUT2D eigenvalue weighted by Gasteiger charge is -2.04. The van der Waals surface area contributed by atoms with Gasteiger partial charge in [-0.05, 0) is 37.1 Å². The molecule has 0 unspecified atom stereocenters. The summed E-state index contributed by atoms with van der Waals surface area (Å²) in [6.45, 7) is 5.49. The van der Waals surface area contributed by atoms with Crippen molar-refractivity contribution in [2.75, 3.05) is 17.7 Å². The SMILES string of the molecule is CCOC(=O)c1sc2nc(NC(=O)Cc3ccc(S(=O)(=O)CC)cc3)sc2c1C. The molecule has 0 aliphatic carbocycles. The molecule has 0 saturated carbocycles. The van der Waals surface area contributed by atoms with Crippen LogP contribution in [0.4, 0.5) is 5.13 Å². The first-order valence-electron chi connectivity index (χ1n) is 8.93. The Kier molecular flexibility index (Phi) is 6.35. The maximum absolute atomic E-state index is 12.3. The summed E-state index contributed by atoms with van der Waals surface area (Å²) in [5.74, 6) is -0.578. The van der Waals surface area contributed by atoms with Gasteiger partial charge in [-0.1, -0.05) is 30.4 Å². The van der Waals surface area contributed by atoms with Gasteiger partial charge in [-0.15, -0.1) is 11.3 Å². The van der Waals surface area contributed by atoms with Crippen molar-refractivity contribution < 1.29 is 22.7 Å². The molecule has 0 bridgehead atoms. The Labute approximate surface area is 176 Å². The van der Waals surface area contributed by atoms with Crippen LogP contribution >= 0.6 is 22.7 Å². The van der Waals surface area contributed by atoms with Gasteiger partial charge >= 0.3 is 5.97 Å². The highest BCUT2D eigenvalue weighted by molar-refractivity contribution is 7.91. The first-order valence-corrected chi connectivity index (χ1v) is 12.2. The lowest BCUT2D eigenvalue weighted by atomic mass is 10.1. The molecule has 10 heteroatoms. The average molecular weight is 453 g/mol. The van der Waals surface area contributed by atoms with E-state index in [1.807, 2.05) is 6.92 Å². The molecule has 1 aromatic carbocycles. The topological polar surface area (TPSA) is 102 Å². The highest BCUT2D eigenvalue weighted by Crippen LogP contribution is 2.37. The van der Waals surface area contributed by atoms with E-state index >= 15 is 0 Å². The smallest absolute Gasteiger partial charge is 0.348 e. The van der Waals surface area contributed by atoms with Crippen LogP contribution < -0.4 is 5.32 Å². The number of aromatic nitrogens is 1. The number of hydrogen-bond acceptors (Lipinski definition) is 8. The zero-order chi connectivity index (χ0) is 21.2. The number of carbonyl (C=O) groups excluding carboxylic acids is 2. The van der Waals surface area contributed by atoms with Gasteiger partial charge < -0.3 is 10.1 Å². The van der Waals surface area contributed by atoms with Crippen LogP contribution in [0.25, 0.3) is 9.53 Å². The van der Waals surface area contributed by atoms with Crippen molar-refractivity contribution >= 4 is 59.0 Å². The fourth-order valence-electron chi connectivity index (χ4n) is 2.66. The van der Waals surface area contributed by atoms with Crippen LogP contribution in [0.2, 0.25) is 0 Å². The van der Waals surface area contributed by atoms with E-state index in [0.29, 0.717) is 27.0 Å². The lowest BCUT2D eigenvalue weighted by Crippen LogP contribution is -2.14. The average Bonchev–Trinajstić information content (AvgIpc) is 3.21. The number of sulfone groups is 1. The molecule has 0 spiro atoms.